The van der Waals surface area contributed by atoms with E-state index in [1.807, 2.05) is 0 Å². The van der Waals surface area contributed by atoms with Crippen molar-refractivity contribution in [2.75, 3.05) is 12.4 Å². The molecule has 0 fully saturated rings. The first-order valence-corrected chi connectivity index (χ1v) is 4.67. The zero-order valence-electron chi connectivity index (χ0n) is 9.01. The Bertz CT molecular complexity index is 345. The quantitative estimate of drug-likeness (QED) is 0.812. The van der Waals surface area contributed by atoms with Crippen molar-refractivity contribution < 1.29 is 13.9 Å². The molecule has 1 rings (SSSR count). The van der Waals surface area contributed by atoms with Crippen LogP contribution >= 0.6 is 0 Å². The Labute approximate surface area is 87.9 Å². The van der Waals surface area contributed by atoms with Gasteiger partial charge in [-0.15, -0.1) is 0 Å². The van der Waals surface area contributed by atoms with Gasteiger partial charge in [-0.3, -0.25) is 0 Å². The van der Waals surface area contributed by atoms with Gasteiger partial charge >= 0.3 is 5.92 Å². The van der Waals surface area contributed by atoms with Crippen LogP contribution < -0.4 is 5.32 Å². The molecule has 0 bridgehead atoms. The molecule has 1 aromatic carbocycles. The predicted molar refractivity (Wildman–Crippen MR) is 56.2 cm³/mol. The standard InChI is InChI=1S/C11H15F2NO/c1-10(2,15)11(12,13)8-5-4-6-9(7-8)14-3/h4-7,14-15H,1-3H3. The largest absolute Gasteiger partial charge is 0.388 e. The van der Waals surface area contributed by atoms with Gasteiger partial charge in [-0.2, -0.15) is 8.78 Å². The third-order valence-electron chi connectivity index (χ3n) is 2.28. The van der Waals surface area contributed by atoms with E-state index in [0.717, 1.165) is 13.8 Å². The third-order valence-corrected chi connectivity index (χ3v) is 2.28. The molecule has 0 amide bonds. The van der Waals surface area contributed by atoms with Gasteiger partial charge in [0.2, 0.25) is 0 Å². The van der Waals surface area contributed by atoms with Crippen LogP contribution in [0.4, 0.5) is 14.5 Å². The fourth-order valence-electron chi connectivity index (χ4n) is 1.22. The maximum atomic E-state index is 13.7. The number of aliphatic hydroxyl groups is 1. The maximum Gasteiger partial charge on any atom is 0.300 e. The Morgan fingerprint density at radius 3 is 2.33 bits per heavy atom. The zero-order chi connectivity index (χ0) is 11.7. The molecule has 4 heteroatoms. The molecule has 0 aliphatic heterocycles. The number of hydrogen-bond donors (Lipinski definition) is 2. The van der Waals surface area contributed by atoms with Crippen molar-refractivity contribution >= 4 is 5.69 Å². The molecule has 0 saturated carbocycles. The van der Waals surface area contributed by atoms with E-state index >= 15 is 0 Å². The van der Waals surface area contributed by atoms with Crippen LogP contribution in [0.25, 0.3) is 0 Å². The number of alkyl halides is 2. The van der Waals surface area contributed by atoms with Crippen molar-refractivity contribution in [3.8, 4) is 0 Å². The smallest absolute Gasteiger partial charge is 0.300 e. The number of benzene rings is 1. The van der Waals surface area contributed by atoms with Gasteiger partial charge in [0.1, 0.15) is 5.60 Å². The first-order valence-electron chi connectivity index (χ1n) is 4.67. The molecule has 0 atom stereocenters. The molecule has 15 heavy (non-hydrogen) atoms. The highest BCUT2D eigenvalue weighted by Crippen LogP contribution is 2.39. The predicted octanol–water partition coefficient (Wildman–Crippen LogP) is 2.59. The third kappa shape index (κ3) is 2.26. The van der Waals surface area contributed by atoms with E-state index in [0.29, 0.717) is 5.69 Å². The van der Waals surface area contributed by atoms with E-state index in [-0.39, 0.29) is 5.56 Å². The summed E-state index contributed by atoms with van der Waals surface area (Å²) in [6.07, 6.45) is 0. The van der Waals surface area contributed by atoms with Gasteiger partial charge in [0.15, 0.2) is 0 Å². The van der Waals surface area contributed by atoms with Crippen molar-refractivity contribution in [3.05, 3.63) is 29.8 Å². The summed E-state index contributed by atoms with van der Waals surface area (Å²) in [5.41, 5.74) is -1.67. The van der Waals surface area contributed by atoms with Crippen molar-refractivity contribution in [1.82, 2.24) is 0 Å². The molecule has 0 aliphatic carbocycles. The molecule has 84 valence electrons. The first-order chi connectivity index (χ1) is 6.79. The van der Waals surface area contributed by atoms with Crippen molar-refractivity contribution in [2.24, 2.45) is 0 Å². The highest BCUT2D eigenvalue weighted by molar-refractivity contribution is 5.46. The second-order valence-corrected chi connectivity index (χ2v) is 3.96. The Morgan fingerprint density at radius 1 is 1.27 bits per heavy atom. The van der Waals surface area contributed by atoms with Gasteiger partial charge in [-0.25, -0.2) is 0 Å². The second kappa shape index (κ2) is 3.77. The lowest BCUT2D eigenvalue weighted by Gasteiger charge is -2.29. The molecular weight excluding hydrogens is 200 g/mol. The van der Waals surface area contributed by atoms with Crippen LogP contribution in [0.5, 0.6) is 0 Å². The topological polar surface area (TPSA) is 32.3 Å². The summed E-state index contributed by atoms with van der Waals surface area (Å²) >= 11 is 0. The van der Waals surface area contributed by atoms with Crippen LogP contribution in [0, 0.1) is 0 Å². The van der Waals surface area contributed by atoms with Crippen LogP contribution in [-0.2, 0) is 5.92 Å². The number of nitrogens with one attached hydrogen (secondary N) is 1. The van der Waals surface area contributed by atoms with E-state index in [1.54, 1.807) is 13.1 Å². The lowest BCUT2D eigenvalue weighted by Crippen LogP contribution is -2.40. The molecule has 0 radical (unpaired) electrons. The highest BCUT2D eigenvalue weighted by Gasteiger charge is 2.46. The molecule has 0 saturated heterocycles. The zero-order valence-corrected chi connectivity index (χ0v) is 9.01. The molecule has 0 aromatic heterocycles. The summed E-state index contributed by atoms with van der Waals surface area (Å²) in [5.74, 6) is -3.26. The van der Waals surface area contributed by atoms with Gasteiger partial charge < -0.3 is 10.4 Å². The van der Waals surface area contributed by atoms with E-state index in [2.05, 4.69) is 5.32 Å². The maximum absolute atomic E-state index is 13.7. The lowest BCUT2D eigenvalue weighted by molar-refractivity contribution is -0.168. The van der Waals surface area contributed by atoms with E-state index in [1.165, 1.54) is 18.2 Å². The van der Waals surface area contributed by atoms with Crippen LogP contribution in [0.3, 0.4) is 0 Å². The van der Waals surface area contributed by atoms with Crippen LogP contribution in [0.2, 0.25) is 0 Å². The van der Waals surface area contributed by atoms with Crippen LogP contribution in [0.15, 0.2) is 24.3 Å². The van der Waals surface area contributed by atoms with Gasteiger partial charge in [-0.05, 0) is 26.0 Å². The minimum Gasteiger partial charge on any atom is -0.388 e. The monoisotopic (exact) mass is 215 g/mol. The van der Waals surface area contributed by atoms with Crippen molar-refractivity contribution in [1.29, 1.82) is 0 Å². The van der Waals surface area contributed by atoms with E-state index in [4.69, 9.17) is 0 Å². The molecule has 2 nitrogen and oxygen atoms in total. The summed E-state index contributed by atoms with van der Waals surface area (Å²) in [7, 11) is 1.65. The Hall–Kier alpha value is -1.16. The molecular formula is C11H15F2NO. The molecule has 0 heterocycles. The second-order valence-electron chi connectivity index (χ2n) is 3.96. The minimum atomic E-state index is -3.26. The average molecular weight is 215 g/mol. The van der Waals surface area contributed by atoms with Crippen LogP contribution in [0.1, 0.15) is 19.4 Å². The highest BCUT2D eigenvalue weighted by atomic mass is 19.3. The number of anilines is 1. The Balaban J connectivity index is 3.15. The number of rotatable bonds is 3. The lowest BCUT2D eigenvalue weighted by atomic mass is 9.93. The summed E-state index contributed by atoms with van der Waals surface area (Å²) < 4.78 is 27.4. The molecule has 0 unspecified atom stereocenters. The fraction of sp³-hybridized carbons (Fsp3) is 0.455. The SMILES string of the molecule is CNc1cccc(C(F)(F)C(C)(C)O)c1. The molecule has 0 aliphatic rings. The van der Waals surface area contributed by atoms with Crippen molar-refractivity contribution in [3.63, 3.8) is 0 Å². The van der Waals surface area contributed by atoms with Crippen LogP contribution in [-0.4, -0.2) is 17.8 Å². The van der Waals surface area contributed by atoms with Gasteiger partial charge in [-0.1, -0.05) is 12.1 Å². The molecule has 2 N–H and O–H groups in total. The number of halogens is 2. The summed E-state index contributed by atoms with van der Waals surface area (Å²) in [6, 6.07) is 5.85. The fourth-order valence-corrected chi connectivity index (χ4v) is 1.22. The summed E-state index contributed by atoms with van der Waals surface area (Å²) in [5, 5.41) is 12.2. The number of hydrogen-bond acceptors (Lipinski definition) is 2. The summed E-state index contributed by atoms with van der Waals surface area (Å²) in [4.78, 5) is 0. The Kier molecular flexibility index (Phi) is 3.00. The van der Waals surface area contributed by atoms with E-state index in [9.17, 15) is 13.9 Å². The average Bonchev–Trinajstić information content (AvgIpc) is 2.16. The van der Waals surface area contributed by atoms with Gasteiger partial charge in [0, 0.05) is 18.3 Å². The minimum absolute atomic E-state index is 0.193. The molecule has 1 aromatic rings. The first kappa shape index (κ1) is 11.9. The van der Waals surface area contributed by atoms with E-state index < -0.39 is 11.5 Å². The van der Waals surface area contributed by atoms with Crippen molar-refractivity contribution in [2.45, 2.75) is 25.4 Å². The normalized spacial score (nSPS) is 12.7. The Morgan fingerprint density at radius 2 is 1.87 bits per heavy atom. The molecule has 0 spiro atoms. The van der Waals surface area contributed by atoms with Gasteiger partial charge in [0.25, 0.3) is 0 Å². The van der Waals surface area contributed by atoms with Gasteiger partial charge in [0.05, 0.1) is 0 Å². The summed E-state index contributed by atoms with van der Waals surface area (Å²) in [6.45, 7) is 2.19.